The molecule has 0 spiro atoms. The maximum atomic E-state index is 12.1. The van der Waals surface area contributed by atoms with Crippen molar-refractivity contribution in [2.45, 2.75) is 12.1 Å². The fourth-order valence-corrected chi connectivity index (χ4v) is 3.20. The van der Waals surface area contributed by atoms with Gasteiger partial charge in [-0.3, -0.25) is 4.79 Å². The van der Waals surface area contributed by atoms with E-state index in [1.807, 2.05) is 42.8 Å². The predicted octanol–water partition coefficient (Wildman–Crippen LogP) is 3.88. The highest BCUT2D eigenvalue weighted by Crippen LogP contribution is 2.27. The van der Waals surface area contributed by atoms with Crippen LogP contribution in [0.3, 0.4) is 0 Å². The summed E-state index contributed by atoms with van der Waals surface area (Å²) in [6.07, 6.45) is 0. The number of aryl methyl sites for hydroxylation is 1. The summed E-state index contributed by atoms with van der Waals surface area (Å²) in [7, 11) is 1.86. The highest BCUT2D eigenvalue weighted by atomic mass is 35.5. The van der Waals surface area contributed by atoms with E-state index >= 15 is 0 Å². The van der Waals surface area contributed by atoms with Gasteiger partial charge in [-0.15, -0.1) is 10.2 Å². The van der Waals surface area contributed by atoms with Crippen LogP contribution in [0.4, 0.5) is 5.69 Å². The third-order valence-electron chi connectivity index (χ3n) is 3.71. The molecule has 0 saturated heterocycles. The molecule has 26 heavy (non-hydrogen) atoms. The standard InChI is InChI=1S/C18H17ClN4O2S/c1-11-3-5-12(6-4-11)17-21-22-18(23(17)2)26-10-16(25)20-14-9-13(19)7-8-15(14)24/h3-9,24H,10H2,1-2H3,(H,20,25). The summed E-state index contributed by atoms with van der Waals surface area (Å²) >= 11 is 7.14. The van der Waals surface area contributed by atoms with Crippen molar-refractivity contribution >= 4 is 35.0 Å². The lowest BCUT2D eigenvalue weighted by Crippen LogP contribution is -2.14. The van der Waals surface area contributed by atoms with Crippen molar-refractivity contribution in [2.75, 3.05) is 11.1 Å². The Morgan fingerprint density at radius 2 is 1.96 bits per heavy atom. The van der Waals surface area contributed by atoms with Gasteiger partial charge in [0.1, 0.15) is 5.75 Å². The number of aromatic hydroxyl groups is 1. The normalized spacial score (nSPS) is 10.7. The third-order valence-corrected chi connectivity index (χ3v) is 4.97. The van der Waals surface area contributed by atoms with E-state index in [1.54, 1.807) is 6.07 Å². The summed E-state index contributed by atoms with van der Waals surface area (Å²) < 4.78 is 1.85. The first-order valence-corrected chi connectivity index (χ1v) is 9.18. The molecule has 0 radical (unpaired) electrons. The number of benzene rings is 2. The number of carbonyl (C=O) groups is 1. The molecule has 0 aliphatic carbocycles. The van der Waals surface area contributed by atoms with E-state index in [-0.39, 0.29) is 23.1 Å². The van der Waals surface area contributed by atoms with Crippen LogP contribution >= 0.6 is 23.4 Å². The second kappa shape index (κ2) is 7.80. The molecule has 2 N–H and O–H groups in total. The van der Waals surface area contributed by atoms with Crippen molar-refractivity contribution in [3.05, 3.63) is 53.1 Å². The van der Waals surface area contributed by atoms with Crippen molar-refractivity contribution in [3.63, 3.8) is 0 Å². The summed E-state index contributed by atoms with van der Waals surface area (Å²) in [5.74, 6) is 0.562. The second-order valence-corrected chi connectivity index (χ2v) is 7.11. The lowest BCUT2D eigenvalue weighted by Gasteiger charge is -2.08. The minimum absolute atomic E-state index is 0.0342. The van der Waals surface area contributed by atoms with Crippen molar-refractivity contribution < 1.29 is 9.90 Å². The molecule has 6 nitrogen and oxygen atoms in total. The number of nitrogens with zero attached hydrogens (tertiary/aromatic N) is 3. The highest BCUT2D eigenvalue weighted by molar-refractivity contribution is 7.99. The first-order valence-electron chi connectivity index (χ1n) is 7.81. The molecule has 1 aromatic heterocycles. The van der Waals surface area contributed by atoms with E-state index < -0.39 is 0 Å². The van der Waals surface area contributed by atoms with Crippen LogP contribution in [0.5, 0.6) is 5.75 Å². The van der Waals surface area contributed by atoms with Gasteiger partial charge in [0.15, 0.2) is 11.0 Å². The molecule has 2 aromatic carbocycles. The van der Waals surface area contributed by atoms with Crippen molar-refractivity contribution in [2.24, 2.45) is 7.05 Å². The van der Waals surface area contributed by atoms with Gasteiger partial charge in [-0.1, -0.05) is 53.2 Å². The quantitative estimate of drug-likeness (QED) is 0.512. The number of carbonyl (C=O) groups excluding carboxylic acids is 1. The molecule has 0 atom stereocenters. The zero-order valence-corrected chi connectivity index (χ0v) is 15.8. The van der Waals surface area contributed by atoms with Gasteiger partial charge in [0.25, 0.3) is 0 Å². The van der Waals surface area contributed by atoms with Crippen molar-refractivity contribution in [1.29, 1.82) is 0 Å². The van der Waals surface area contributed by atoms with E-state index in [1.165, 1.54) is 29.5 Å². The van der Waals surface area contributed by atoms with Gasteiger partial charge >= 0.3 is 0 Å². The van der Waals surface area contributed by atoms with E-state index in [9.17, 15) is 9.90 Å². The van der Waals surface area contributed by atoms with Crippen LogP contribution in [0.15, 0.2) is 47.6 Å². The molecule has 3 aromatic rings. The van der Waals surface area contributed by atoms with E-state index in [0.29, 0.717) is 10.2 Å². The number of aromatic nitrogens is 3. The fraction of sp³-hybridized carbons (Fsp3) is 0.167. The van der Waals surface area contributed by atoms with E-state index in [4.69, 9.17) is 11.6 Å². The molecule has 3 rings (SSSR count). The minimum atomic E-state index is -0.271. The van der Waals surface area contributed by atoms with Gasteiger partial charge in [0.05, 0.1) is 11.4 Å². The van der Waals surface area contributed by atoms with E-state index in [2.05, 4.69) is 15.5 Å². The SMILES string of the molecule is Cc1ccc(-c2nnc(SCC(=O)Nc3cc(Cl)ccc3O)n2C)cc1. The van der Waals surface area contributed by atoms with Crippen molar-refractivity contribution in [1.82, 2.24) is 14.8 Å². The summed E-state index contributed by atoms with van der Waals surface area (Å²) in [6.45, 7) is 2.03. The molecular weight excluding hydrogens is 372 g/mol. The maximum Gasteiger partial charge on any atom is 0.234 e. The molecular formula is C18H17ClN4O2S. The van der Waals surface area contributed by atoms with E-state index in [0.717, 1.165) is 11.4 Å². The Bertz CT molecular complexity index is 941. The summed E-state index contributed by atoms with van der Waals surface area (Å²) in [5.41, 5.74) is 2.42. The zero-order chi connectivity index (χ0) is 18.7. The smallest absolute Gasteiger partial charge is 0.234 e. The topological polar surface area (TPSA) is 80.0 Å². The number of hydrogen-bond donors (Lipinski definition) is 2. The molecule has 0 fully saturated rings. The van der Waals surface area contributed by atoms with Crippen LogP contribution in [0.2, 0.25) is 5.02 Å². The molecule has 8 heteroatoms. The summed E-state index contributed by atoms with van der Waals surface area (Å²) in [4.78, 5) is 12.1. The fourth-order valence-electron chi connectivity index (χ4n) is 2.32. The van der Waals surface area contributed by atoms with Gasteiger partial charge in [-0.25, -0.2) is 0 Å². The van der Waals surface area contributed by atoms with Crippen LogP contribution in [0.1, 0.15) is 5.56 Å². The molecule has 1 heterocycles. The average Bonchev–Trinajstić information content (AvgIpc) is 2.98. The number of thioether (sulfide) groups is 1. The Balaban J connectivity index is 1.65. The van der Waals surface area contributed by atoms with Crippen LogP contribution < -0.4 is 5.32 Å². The number of hydrogen-bond acceptors (Lipinski definition) is 5. The number of amides is 1. The lowest BCUT2D eigenvalue weighted by atomic mass is 10.1. The van der Waals surface area contributed by atoms with Gasteiger partial charge < -0.3 is 15.0 Å². The highest BCUT2D eigenvalue weighted by Gasteiger charge is 2.14. The van der Waals surface area contributed by atoms with Gasteiger partial charge in [0, 0.05) is 17.6 Å². The van der Waals surface area contributed by atoms with Crippen LogP contribution in [-0.2, 0) is 11.8 Å². The van der Waals surface area contributed by atoms with Crippen LogP contribution in [0.25, 0.3) is 11.4 Å². The average molecular weight is 389 g/mol. The Hall–Kier alpha value is -2.51. The maximum absolute atomic E-state index is 12.1. The number of nitrogens with one attached hydrogen (secondary N) is 1. The minimum Gasteiger partial charge on any atom is -0.506 e. The molecule has 0 bridgehead atoms. The number of anilines is 1. The molecule has 0 unspecified atom stereocenters. The van der Waals surface area contributed by atoms with Gasteiger partial charge in [0.2, 0.25) is 5.91 Å². The summed E-state index contributed by atoms with van der Waals surface area (Å²) in [5, 5.41) is 21.8. The monoisotopic (exact) mass is 388 g/mol. The third kappa shape index (κ3) is 4.17. The first kappa shape index (κ1) is 18.3. The Morgan fingerprint density at radius 1 is 1.23 bits per heavy atom. The molecule has 0 aliphatic rings. The Kier molecular flexibility index (Phi) is 5.49. The molecule has 134 valence electrons. The summed E-state index contributed by atoms with van der Waals surface area (Å²) in [6, 6.07) is 12.5. The first-order chi connectivity index (χ1) is 12.4. The van der Waals surface area contributed by atoms with Gasteiger partial charge in [-0.05, 0) is 25.1 Å². The second-order valence-electron chi connectivity index (χ2n) is 5.73. The number of rotatable bonds is 5. The van der Waals surface area contributed by atoms with Crippen LogP contribution in [0, 0.1) is 6.92 Å². The van der Waals surface area contributed by atoms with Crippen molar-refractivity contribution in [3.8, 4) is 17.1 Å². The molecule has 1 amide bonds. The largest absolute Gasteiger partial charge is 0.506 e. The number of phenolic OH excluding ortho intramolecular Hbond substituents is 1. The number of halogens is 1. The van der Waals surface area contributed by atoms with Crippen LogP contribution in [-0.4, -0.2) is 31.5 Å². The Labute approximate surface area is 160 Å². The lowest BCUT2D eigenvalue weighted by molar-refractivity contribution is -0.113. The number of phenols is 1. The molecule has 0 saturated carbocycles. The Morgan fingerprint density at radius 3 is 2.69 bits per heavy atom. The molecule has 0 aliphatic heterocycles. The predicted molar refractivity (Wildman–Crippen MR) is 104 cm³/mol. The van der Waals surface area contributed by atoms with Gasteiger partial charge in [-0.2, -0.15) is 0 Å². The zero-order valence-electron chi connectivity index (χ0n) is 14.2.